The van der Waals surface area contributed by atoms with E-state index in [9.17, 15) is 4.39 Å². The van der Waals surface area contributed by atoms with Gasteiger partial charge >= 0.3 is 0 Å². The normalized spacial score (nSPS) is 10.4. The van der Waals surface area contributed by atoms with Crippen LogP contribution in [0.2, 0.25) is 5.15 Å². The van der Waals surface area contributed by atoms with Gasteiger partial charge in [-0.2, -0.15) is 0 Å². The molecule has 0 unspecified atom stereocenters. The number of anilines is 1. The Hall–Kier alpha value is -1.33. The van der Waals surface area contributed by atoms with Gasteiger partial charge in [0, 0.05) is 18.2 Å². The van der Waals surface area contributed by atoms with Gasteiger partial charge in [-0.1, -0.05) is 41.6 Å². The number of rotatable bonds is 4. The summed E-state index contributed by atoms with van der Waals surface area (Å²) in [6, 6.07) is 8.21. The highest BCUT2D eigenvalue weighted by molar-refractivity contribution is 7.98. The molecule has 3 nitrogen and oxygen atoms in total. The number of thioether (sulfide) groups is 1. The number of aromatic nitrogens is 2. The van der Waals surface area contributed by atoms with Gasteiger partial charge in [-0.3, -0.25) is 0 Å². The standard InChI is InChI=1S/C12H11ClFN3S/c1-18-12-16-10(13)6-11(17-12)15-7-8-4-2-3-5-9(8)14/h2-6H,7H2,1H3,(H,15,16,17). The van der Waals surface area contributed by atoms with Crippen molar-refractivity contribution in [2.45, 2.75) is 11.7 Å². The summed E-state index contributed by atoms with van der Waals surface area (Å²) in [5.74, 6) is 0.345. The predicted molar refractivity (Wildman–Crippen MR) is 72.5 cm³/mol. The Morgan fingerprint density at radius 2 is 2.11 bits per heavy atom. The zero-order valence-corrected chi connectivity index (χ0v) is 11.2. The van der Waals surface area contributed by atoms with E-state index in [-0.39, 0.29) is 5.82 Å². The van der Waals surface area contributed by atoms with Gasteiger partial charge in [0.05, 0.1) is 0 Å². The van der Waals surface area contributed by atoms with Crippen LogP contribution in [0.15, 0.2) is 35.5 Å². The maximum absolute atomic E-state index is 13.4. The summed E-state index contributed by atoms with van der Waals surface area (Å²) in [5.41, 5.74) is 0.581. The van der Waals surface area contributed by atoms with E-state index in [1.165, 1.54) is 17.8 Å². The Labute approximate surface area is 114 Å². The summed E-state index contributed by atoms with van der Waals surface area (Å²) >= 11 is 7.26. The second kappa shape index (κ2) is 6.02. The highest BCUT2D eigenvalue weighted by atomic mass is 35.5. The fourth-order valence-electron chi connectivity index (χ4n) is 1.41. The lowest BCUT2D eigenvalue weighted by molar-refractivity contribution is 0.613. The van der Waals surface area contributed by atoms with Gasteiger partial charge in [0.1, 0.15) is 16.8 Å². The van der Waals surface area contributed by atoms with Crippen LogP contribution in [0.25, 0.3) is 0 Å². The van der Waals surface area contributed by atoms with Crippen LogP contribution >= 0.6 is 23.4 Å². The van der Waals surface area contributed by atoms with E-state index in [0.29, 0.717) is 28.2 Å². The van der Waals surface area contributed by atoms with E-state index in [1.54, 1.807) is 24.3 Å². The molecule has 0 bridgehead atoms. The first-order chi connectivity index (χ1) is 8.69. The molecule has 0 spiro atoms. The molecule has 18 heavy (non-hydrogen) atoms. The second-order valence-corrected chi connectivity index (χ2v) is 4.67. The molecule has 1 heterocycles. The molecule has 0 aliphatic heterocycles. The van der Waals surface area contributed by atoms with Crippen molar-refractivity contribution in [1.82, 2.24) is 9.97 Å². The Morgan fingerprint density at radius 1 is 1.33 bits per heavy atom. The van der Waals surface area contributed by atoms with Crippen molar-refractivity contribution in [2.24, 2.45) is 0 Å². The summed E-state index contributed by atoms with van der Waals surface area (Å²) in [6.45, 7) is 0.355. The number of benzene rings is 1. The van der Waals surface area contributed by atoms with Crippen molar-refractivity contribution in [3.8, 4) is 0 Å². The Morgan fingerprint density at radius 3 is 2.83 bits per heavy atom. The highest BCUT2D eigenvalue weighted by Crippen LogP contribution is 2.18. The molecule has 0 aliphatic rings. The minimum absolute atomic E-state index is 0.241. The number of halogens is 2. The van der Waals surface area contributed by atoms with Crippen LogP contribution in [0, 0.1) is 5.82 Å². The highest BCUT2D eigenvalue weighted by Gasteiger charge is 2.04. The van der Waals surface area contributed by atoms with E-state index in [4.69, 9.17) is 11.6 Å². The van der Waals surface area contributed by atoms with Crippen LogP contribution in [-0.2, 0) is 6.54 Å². The lowest BCUT2D eigenvalue weighted by Gasteiger charge is -2.07. The van der Waals surface area contributed by atoms with Gasteiger partial charge < -0.3 is 5.32 Å². The third-order valence-corrected chi connectivity index (χ3v) is 3.02. The van der Waals surface area contributed by atoms with Crippen LogP contribution in [0.1, 0.15) is 5.56 Å². The largest absolute Gasteiger partial charge is 0.366 e. The first-order valence-corrected chi connectivity index (χ1v) is 6.85. The zero-order chi connectivity index (χ0) is 13.0. The molecule has 0 saturated heterocycles. The lowest BCUT2D eigenvalue weighted by Crippen LogP contribution is -2.04. The first kappa shape index (κ1) is 13.1. The van der Waals surface area contributed by atoms with Crippen LogP contribution in [0.3, 0.4) is 0 Å². The van der Waals surface area contributed by atoms with E-state index < -0.39 is 0 Å². The Kier molecular flexibility index (Phi) is 4.38. The van der Waals surface area contributed by atoms with Crippen molar-refractivity contribution >= 4 is 29.2 Å². The molecule has 2 aromatic rings. The Balaban J connectivity index is 2.11. The predicted octanol–water partition coefficient (Wildman–Crippen LogP) is 3.60. The van der Waals surface area contributed by atoms with Crippen LogP contribution in [-0.4, -0.2) is 16.2 Å². The van der Waals surface area contributed by atoms with E-state index >= 15 is 0 Å². The minimum atomic E-state index is -0.241. The van der Waals surface area contributed by atoms with Gasteiger partial charge in [-0.15, -0.1) is 0 Å². The van der Waals surface area contributed by atoms with Crippen LogP contribution < -0.4 is 5.32 Å². The molecule has 0 atom stereocenters. The van der Waals surface area contributed by atoms with Gasteiger partial charge in [-0.25, -0.2) is 14.4 Å². The molecule has 0 radical (unpaired) electrons. The third kappa shape index (κ3) is 3.34. The van der Waals surface area contributed by atoms with Crippen molar-refractivity contribution in [2.75, 3.05) is 11.6 Å². The number of hydrogen-bond acceptors (Lipinski definition) is 4. The number of hydrogen-bond donors (Lipinski definition) is 1. The topological polar surface area (TPSA) is 37.8 Å². The average Bonchev–Trinajstić information content (AvgIpc) is 2.37. The molecule has 2 rings (SSSR count). The zero-order valence-electron chi connectivity index (χ0n) is 9.65. The molecule has 94 valence electrons. The Bertz CT molecular complexity index is 551. The minimum Gasteiger partial charge on any atom is -0.366 e. The lowest BCUT2D eigenvalue weighted by atomic mass is 10.2. The molecule has 1 aromatic carbocycles. The number of nitrogens with one attached hydrogen (secondary N) is 1. The fraction of sp³-hybridized carbons (Fsp3) is 0.167. The summed E-state index contributed by atoms with van der Waals surface area (Å²) in [4.78, 5) is 8.26. The molecule has 0 fully saturated rings. The monoisotopic (exact) mass is 283 g/mol. The fourth-order valence-corrected chi connectivity index (χ4v) is 2.02. The molecule has 1 aromatic heterocycles. The van der Waals surface area contributed by atoms with E-state index in [0.717, 1.165) is 0 Å². The maximum Gasteiger partial charge on any atom is 0.190 e. The quantitative estimate of drug-likeness (QED) is 0.528. The van der Waals surface area contributed by atoms with Gasteiger partial charge in [0.15, 0.2) is 5.16 Å². The first-order valence-electron chi connectivity index (χ1n) is 5.25. The third-order valence-electron chi connectivity index (χ3n) is 2.27. The second-order valence-electron chi connectivity index (χ2n) is 3.51. The van der Waals surface area contributed by atoms with Gasteiger partial charge in [0.25, 0.3) is 0 Å². The molecule has 0 saturated carbocycles. The molecule has 1 N–H and O–H groups in total. The van der Waals surface area contributed by atoms with Crippen molar-refractivity contribution < 1.29 is 4.39 Å². The van der Waals surface area contributed by atoms with Crippen molar-refractivity contribution in [1.29, 1.82) is 0 Å². The summed E-state index contributed by atoms with van der Waals surface area (Å²) in [7, 11) is 0. The van der Waals surface area contributed by atoms with E-state index in [1.807, 2.05) is 6.26 Å². The van der Waals surface area contributed by atoms with Crippen molar-refractivity contribution in [3.63, 3.8) is 0 Å². The summed E-state index contributed by atoms with van der Waals surface area (Å²) < 4.78 is 13.4. The summed E-state index contributed by atoms with van der Waals surface area (Å²) in [6.07, 6.45) is 1.87. The van der Waals surface area contributed by atoms with Gasteiger partial charge in [-0.05, 0) is 12.3 Å². The SMILES string of the molecule is CSc1nc(Cl)cc(NCc2ccccc2F)n1. The summed E-state index contributed by atoms with van der Waals surface area (Å²) in [5, 5.41) is 3.98. The van der Waals surface area contributed by atoms with E-state index in [2.05, 4.69) is 15.3 Å². The molecule has 6 heteroatoms. The van der Waals surface area contributed by atoms with Gasteiger partial charge in [0.2, 0.25) is 0 Å². The van der Waals surface area contributed by atoms with Crippen LogP contribution in [0.5, 0.6) is 0 Å². The molecule has 0 aliphatic carbocycles. The average molecular weight is 284 g/mol. The molecular formula is C12H11ClFN3S. The van der Waals surface area contributed by atoms with Crippen molar-refractivity contribution in [3.05, 3.63) is 46.9 Å². The number of nitrogens with zero attached hydrogens (tertiary/aromatic N) is 2. The maximum atomic E-state index is 13.4. The van der Waals surface area contributed by atoms with Crippen LogP contribution in [0.4, 0.5) is 10.2 Å². The smallest absolute Gasteiger partial charge is 0.190 e. The molecular weight excluding hydrogens is 273 g/mol. The molecule has 0 amide bonds.